The fraction of sp³-hybridized carbons (Fsp3) is 0.818. The summed E-state index contributed by atoms with van der Waals surface area (Å²) in [7, 11) is 0. The zero-order valence-electron chi connectivity index (χ0n) is 9.25. The number of hydrogen-bond donors (Lipinski definition) is 2. The fourth-order valence-electron chi connectivity index (χ4n) is 1.73. The van der Waals surface area contributed by atoms with Gasteiger partial charge in [-0.1, -0.05) is 13.3 Å². The van der Waals surface area contributed by atoms with Crippen LogP contribution in [-0.2, 0) is 4.79 Å². The summed E-state index contributed by atoms with van der Waals surface area (Å²) in [4.78, 5) is 11.2. The fourth-order valence-corrected chi connectivity index (χ4v) is 1.73. The van der Waals surface area contributed by atoms with Gasteiger partial charge in [0.1, 0.15) is 0 Å². The molecule has 2 N–H and O–H groups in total. The molecule has 1 rings (SSSR count). The zero-order valence-corrected chi connectivity index (χ0v) is 9.25. The summed E-state index contributed by atoms with van der Waals surface area (Å²) in [5, 5.41) is 14.2. The SMILES string of the molecule is CCCC1CC1NCC(=O)NCCC#N. The molecule has 1 aliphatic carbocycles. The number of nitrogens with one attached hydrogen (secondary N) is 2. The number of hydrogen-bond acceptors (Lipinski definition) is 3. The van der Waals surface area contributed by atoms with Crippen LogP contribution in [0, 0.1) is 17.2 Å². The molecule has 1 saturated carbocycles. The Labute approximate surface area is 91.0 Å². The number of rotatable bonds is 7. The van der Waals surface area contributed by atoms with Crippen molar-refractivity contribution in [2.45, 2.75) is 38.6 Å². The lowest BCUT2D eigenvalue weighted by Crippen LogP contribution is -2.35. The molecule has 4 nitrogen and oxygen atoms in total. The highest BCUT2D eigenvalue weighted by atomic mass is 16.1. The molecule has 0 aliphatic heterocycles. The highest BCUT2D eigenvalue weighted by Gasteiger charge is 2.35. The molecule has 15 heavy (non-hydrogen) atoms. The van der Waals surface area contributed by atoms with Crippen molar-refractivity contribution in [2.75, 3.05) is 13.1 Å². The molecule has 0 aromatic rings. The van der Waals surface area contributed by atoms with E-state index in [0.29, 0.717) is 25.6 Å². The Hall–Kier alpha value is -1.08. The predicted molar refractivity (Wildman–Crippen MR) is 58.0 cm³/mol. The van der Waals surface area contributed by atoms with Crippen molar-refractivity contribution in [3.05, 3.63) is 0 Å². The molecule has 0 heterocycles. The lowest BCUT2D eigenvalue weighted by atomic mass is 10.2. The van der Waals surface area contributed by atoms with E-state index >= 15 is 0 Å². The van der Waals surface area contributed by atoms with E-state index in [1.807, 2.05) is 6.07 Å². The van der Waals surface area contributed by atoms with Crippen molar-refractivity contribution in [1.29, 1.82) is 5.26 Å². The van der Waals surface area contributed by atoms with Crippen molar-refractivity contribution < 1.29 is 4.79 Å². The predicted octanol–water partition coefficient (Wildman–Crippen LogP) is 0.794. The van der Waals surface area contributed by atoms with E-state index in [2.05, 4.69) is 17.6 Å². The summed E-state index contributed by atoms with van der Waals surface area (Å²) >= 11 is 0. The third-order valence-corrected chi connectivity index (χ3v) is 2.67. The van der Waals surface area contributed by atoms with Gasteiger partial charge in [-0.15, -0.1) is 0 Å². The van der Waals surface area contributed by atoms with Crippen LogP contribution in [0.15, 0.2) is 0 Å². The third kappa shape index (κ3) is 4.80. The van der Waals surface area contributed by atoms with Crippen molar-refractivity contribution in [3.63, 3.8) is 0 Å². The van der Waals surface area contributed by atoms with E-state index < -0.39 is 0 Å². The second kappa shape index (κ2) is 6.41. The van der Waals surface area contributed by atoms with Gasteiger partial charge in [0, 0.05) is 12.6 Å². The van der Waals surface area contributed by atoms with Crippen molar-refractivity contribution in [2.24, 2.45) is 5.92 Å². The maximum Gasteiger partial charge on any atom is 0.233 e. The van der Waals surface area contributed by atoms with Crippen LogP contribution < -0.4 is 10.6 Å². The molecule has 84 valence electrons. The normalized spacial score (nSPS) is 23.2. The second-order valence-corrected chi connectivity index (χ2v) is 4.03. The highest BCUT2D eigenvalue weighted by Crippen LogP contribution is 2.34. The van der Waals surface area contributed by atoms with E-state index in [-0.39, 0.29) is 5.91 Å². The maximum atomic E-state index is 11.2. The quantitative estimate of drug-likeness (QED) is 0.609. The topological polar surface area (TPSA) is 64.9 Å². The summed E-state index contributed by atoms with van der Waals surface area (Å²) in [5.41, 5.74) is 0. The Morgan fingerprint density at radius 2 is 2.40 bits per heavy atom. The average Bonchev–Trinajstić information content (AvgIpc) is 2.95. The van der Waals surface area contributed by atoms with Crippen molar-refractivity contribution in [1.82, 2.24) is 10.6 Å². The van der Waals surface area contributed by atoms with E-state index in [1.165, 1.54) is 19.3 Å². The van der Waals surface area contributed by atoms with Gasteiger partial charge in [0.25, 0.3) is 0 Å². The van der Waals surface area contributed by atoms with Gasteiger partial charge in [0.15, 0.2) is 0 Å². The summed E-state index contributed by atoms with van der Waals surface area (Å²) in [6, 6.07) is 2.54. The lowest BCUT2D eigenvalue weighted by molar-refractivity contribution is -0.120. The zero-order chi connectivity index (χ0) is 11.1. The second-order valence-electron chi connectivity index (χ2n) is 4.03. The smallest absolute Gasteiger partial charge is 0.233 e. The molecule has 2 unspecified atom stereocenters. The molecule has 1 aliphatic rings. The van der Waals surface area contributed by atoms with Crippen LogP contribution in [0.25, 0.3) is 0 Å². The maximum absolute atomic E-state index is 11.2. The van der Waals surface area contributed by atoms with E-state index in [9.17, 15) is 4.79 Å². The molecular weight excluding hydrogens is 190 g/mol. The van der Waals surface area contributed by atoms with Gasteiger partial charge in [-0.05, 0) is 18.8 Å². The van der Waals surface area contributed by atoms with Gasteiger partial charge in [0.05, 0.1) is 19.0 Å². The Balaban J connectivity index is 1.97. The summed E-state index contributed by atoms with van der Waals surface area (Å²) < 4.78 is 0. The minimum atomic E-state index is -0.00704. The number of nitriles is 1. The van der Waals surface area contributed by atoms with Gasteiger partial charge >= 0.3 is 0 Å². The van der Waals surface area contributed by atoms with Gasteiger partial charge in [0.2, 0.25) is 5.91 Å². The van der Waals surface area contributed by atoms with Gasteiger partial charge < -0.3 is 10.6 Å². The molecule has 0 aromatic heterocycles. The molecule has 0 spiro atoms. The first-order valence-electron chi connectivity index (χ1n) is 5.65. The molecule has 1 amide bonds. The average molecular weight is 209 g/mol. The Bertz CT molecular complexity index is 247. The number of amides is 1. The Morgan fingerprint density at radius 3 is 3.07 bits per heavy atom. The Kier molecular flexibility index (Phi) is 5.13. The number of carbonyl (C=O) groups excluding carboxylic acids is 1. The van der Waals surface area contributed by atoms with E-state index in [0.717, 1.165) is 5.92 Å². The molecule has 0 bridgehead atoms. The third-order valence-electron chi connectivity index (χ3n) is 2.67. The molecule has 1 fully saturated rings. The van der Waals surface area contributed by atoms with Crippen LogP contribution in [0.1, 0.15) is 32.6 Å². The molecule has 0 aromatic carbocycles. The van der Waals surface area contributed by atoms with Crippen LogP contribution in [-0.4, -0.2) is 25.0 Å². The lowest BCUT2D eigenvalue weighted by Gasteiger charge is -2.04. The Morgan fingerprint density at radius 1 is 1.60 bits per heavy atom. The summed E-state index contributed by atoms with van der Waals surface area (Å²) in [6.45, 7) is 3.03. The standard InChI is InChI=1S/C11H19N3O/c1-2-4-9-7-10(9)14-8-11(15)13-6-3-5-12/h9-10,14H,2-4,6-8H2,1H3,(H,13,15). The summed E-state index contributed by atoms with van der Waals surface area (Å²) in [6.07, 6.45) is 4.07. The first-order chi connectivity index (χ1) is 7.27. The van der Waals surface area contributed by atoms with E-state index in [1.54, 1.807) is 0 Å². The number of carbonyl (C=O) groups is 1. The molecule has 4 heteroatoms. The minimum absolute atomic E-state index is 0.00704. The monoisotopic (exact) mass is 209 g/mol. The molecule has 2 atom stereocenters. The molecular formula is C11H19N3O. The van der Waals surface area contributed by atoms with Gasteiger partial charge in [-0.3, -0.25) is 4.79 Å². The molecule has 0 saturated heterocycles. The van der Waals surface area contributed by atoms with Crippen LogP contribution >= 0.6 is 0 Å². The molecule has 0 radical (unpaired) electrons. The minimum Gasteiger partial charge on any atom is -0.354 e. The first kappa shape index (κ1) is 12.0. The first-order valence-corrected chi connectivity index (χ1v) is 5.65. The number of nitrogens with zero attached hydrogens (tertiary/aromatic N) is 1. The largest absolute Gasteiger partial charge is 0.354 e. The summed E-state index contributed by atoms with van der Waals surface area (Å²) in [5.74, 6) is 0.773. The van der Waals surface area contributed by atoms with Crippen LogP contribution in [0.5, 0.6) is 0 Å². The van der Waals surface area contributed by atoms with Crippen LogP contribution in [0.4, 0.5) is 0 Å². The van der Waals surface area contributed by atoms with Gasteiger partial charge in [-0.25, -0.2) is 0 Å². The van der Waals surface area contributed by atoms with E-state index in [4.69, 9.17) is 5.26 Å². The van der Waals surface area contributed by atoms with Gasteiger partial charge in [-0.2, -0.15) is 5.26 Å². The van der Waals surface area contributed by atoms with Crippen LogP contribution in [0.3, 0.4) is 0 Å². The highest BCUT2D eigenvalue weighted by molar-refractivity contribution is 5.78. The van der Waals surface area contributed by atoms with Crippen molar-refractivity contribution in [3.8, 4) is 6.07 Å². The van der Waals surface area contributed by atoms with Crippen LogP contribution in [0.2, 0.25) is 0 Å². The van der Waals surface area contributed by atoms with Crippen molar-refractivity contribution >= 4 is 5.91 Å².